The van der Waals surface area contributed by atoms with Crippen molar-refractivity contribution in [1.82, 2.24) is 9.80 Å². The SMILES string of the molecule is O=C(c1ccc(NS(=O)(=O)c2cccc3c2=NCCC=3)cc1)N1CCN(Cc2cccc(F)c2F)CC1. The minimum absolute atomic E-state index is 0.122. The lowest BCUT2D eigenvalue weighted by atomic mass is 10.1. The summed E-state index contributed by atoms with van der Waals surface area (Å²) in [5.74, 6) is -1.87. The molecular formula is C27H26F2N4O3S. The topological polar surface area (TPSA) is 82.1 Å². The number of rotatable bonds is 6. The van der Waals surface area contributed by atoms with E-state index in [1.54, 1.807) is 41.3 Å². The second-order valence-electron chi connectivity index (χ2n) is 9.03. The summed E-state index contributed by atoms with van der Waals surface area (Å²) in [5.41, 5.74) is 1.07. The zero-order chi connectivity index (χ0) is 26.0. The molecule has 0 spiro atoms. The molecule has 3 aromatic rings. The molecule has 7 nitrogen and oxygen atoms in total. The summed E-state index contributed by atoms with van der Waals surface area (Å²) in [4.78, 5) is 21.2. The highest BCUT2D eigenvalue weighted by atomic mass is 32.2. The molecule has 2 heterocycles. The summed E-state index contributed by atoms with van der Waals surface area (Å²) in [6.45, 7) is 2.78. The lowest BCUT2D eigenvalue weighted by molar-refractivity contribution is 0.0627. The van der Waals surface area contributed by atoms with E-state index in [0.717, 1.165) is 17.7 Å². The Kier molecular flexibility index (Phi) is 7.03. The number of para-hydroxylation sites is 1. The monoisotopic (exact) mass is 524 g/mol. The van der Waals surface area contributed by atoms with E-state index in [1.807, 2.05) is 17.0 Å². The van der Waals surface area contributed by atoms with Crippen LogP contribution in [-0.4, -0.2) is 56.8 Å². The molecule has 3 aromatic carbocycles. The van der Waals surface area contributed by atoms with E-state index < -0.39 is 21.7 Å². The second-order valence-corrected chi connectivity index (χ2v) is 10.7. The highest BCUT2D eigenvalue weighted by Gasteiger charge is 2.24. The maximum atomic E-state index is 14.0. The number of sulfonamides is 1. The summed E-state index contributed by atoms with van der Waals surface area (Å²) in [6, 6.07) is 15.5. The van der Waals surface area contributed by atoms with Crippen LogP contribution in [0.4, 0.5) is 14.5 Å². The van der Waals surface area contributed by atoms with Crippen LogP contribution in [0.5, 0.6) is 0 Å². The third-order valence-corrected chi connectivity index (χ3v) is 7.96. The molecule has 0 bridgehead atoms. The van der Waals surface area contributed by atoms with Crippen molar-refractivity contribution in [3.63, 3.8) is 0 Å². The lowest BCUT2D eigenvalue weighted by Crippen LogP contribution is -2.48. The largest absolute Gasteiger partial charge is 0.336 e. The minimum Gasteiger partial charge on any atom is -0.336 e. The number of halogens is 2. The van der Waals surface area contributed by atoms with Gasteiger partial charge in [-0.25, -0.2) is 17.2 Å². The Morgan fingerprint density at radius 3 is 2.43 bits per heavy atom. The molecule has 2 aliphatic heterocycles. The molecule has 2 aliphatic rings. The fourth-order valence-corrected chi connectivity index (χ4v) is 5.83. The van der Waals surface area contributed by atoms with Crippen LogP contribution < -0.4 is 15.3 Å². The number of fused-ring (bicyclic) bond motifs is 1. The van der Waals surface area contributed by atoms with Crippen LogP contribution in [0.1, 0.15) is 22.3 Å². The molecule has 0 unspecified atom stereocenters. The quantitative estimate of drug-likeness (QED) is 0.538. The molecule has 1 saturated heterocycles. The zero-order valence-corrected chi connectivity index (χ0v) is 20.8. The van der Waals surface area contributed by atoms with Crippen molar-refractivity contribution in [1.29, 1.82) is 0 Å². The number of hydrogen-bond acceptors (Lipinski definition) is 5. The van der Waals surface area contributed by atoms with Crippen LogP contribution in [0.3, 0.4) is 0 Å². The van der Waals surface area contributed by atoms with Gasteiger partial charge in [0, 0.05) is 56.1 Å². The maximum Gasteiger partial charge on any atom is 0.264 e. The van der Waals surface area contributed by atoms with Crippen molar-refractivity contribution in [2.75, 3.05) is 37.4 Å². The molecule has 10 heteroatoms. The Hall–Kier alpha value is -3.63. The van der Waals surface area contributed by atoms with Crippen molar-refractivity contribution >= 4 is 27.7 Å². The Labute approximate surface area is 213 Å². The van der Waals surface area contributed by atoms with Gasteiger partial charge in [-0.05, 0) is 48.0 Å². The first-order valence-corrected chi connectivity index (χ1v) is 13.5. The van der Waals surface area contributed by atoms with Gasteiger partial charge in [0.2, 0.25) is 0 Å². The molecule has 0 radical (unpaired) electrons. The fourth-order valence-electron chi connectivity index (χ4n) is 4.58. The average Bonchev–Trinajstić information content (AvgIpc) is 2.91. The predicted molar refractivity (Wildman–Crippen MR) is 136 cm³/mol. The van der Waals surface area contributed by atoms with E-state index in [4.69, 9.17) is 0 Å². The highest BCUT2D eigenvalue weighted by Crippen LogP contribution is 2.18. The van der Waals surface area contributed by atoms with Crippen LogP contribution in [0.15, 0.2) is 70.6 Å². The van der Waals surface area contributed by atoms with E-state index in [9.17, 15) is 22.0 Å². The Bertz CT molecular complexity index is 1550. The first-order valence-electron chi connectivity index (χ1n) is 12.0. The highest BCUT2D eigenvalue weighted by molar-refractivity contribution is 7.92. The molecule has 192 valence electrons. The van der Waals surface area contributed by atoms with Crippen LogP contribution in [-0.2, 0) is 16.6 Å². The van der Waals surface area contributed by atoms with Crippen molar-refractivity contribution in [3.05, 3.63) is 94.0 Å². The van der Waals surface area contributed by atoms with Crippen LogP contribution in [0.2, 0.25) is 0 Å². The fraction of sp³-hybridized carbons (Fsp3) is 0.259. The number of nitrogens with zero attached hydrogens (tertiary/aromatic N) is 3. The normalized spacial score (nSPS) is 15.9. The Morgan fingerprint density at radius 2 is 1.68 bits per heavy atom. The molecule has 0 aliphatic carbocycles. The van der Waals surface area contributed by atoms with Crippen molar-refractivity contribution in [3.8, 4) is 0 Å². The lowest BCUT2D eigenvalue weighted by Gasteiger charge is -2.34. The molecule has 5 rings (SSSR count). The van der Waals surface area contributed by atoms with E-state index in [2.05, 4.69) is 9.71 Å². The van der Waals surface area contributed by atoms with Gasteiger partial charge in [0.05, 0.1) is 5.36 Å². The third-order valence-electron chi connectivity index (χ3n) is 6.55. The number of hydrogen-bond donors (Lipinski definition) is 1. The summed E-state index contributed by atoms with van der Waals surface area (Å²) in [6.07, 6.45) is 2.75. The molecule has 0 atom stereocenters. The zero-order valence-electron chi connectivity index (χ0n) is 20.0. The summed E-state index contributed by atoms with van der Waals surface area (Å²) in [7, 11) is -3.86. The van der Waals surface area contributed by atoms with Gasteiger partial charge in [-0.2, -0.15) is 0 Å². The van der Waals surface area contributed by atoms with E-state index >= 15 is 0 Å². The van der Waals surface area contributed by atoms with Crippen LogP contribution in [0, 0.1) is 11.6 Å². The van der Waals surface area contributed by atoms with Gasteiger partial charge in [-0.1, -0.05) is 30.3 Å². The molecule has 0 saturated carbocycles. The Morgan fingerprint density at radius 1 is 0.946 bits per heavy atom. The number of carbonyl (C=O) groups is 1. The number of carbonyl (C=O) groups excluding carboxylic acids is 1. The summed E-state index contributed by atoms with van der Waals surface area (Å²) < 4.78 is 56.1. The van der Waals surface area contributed by atoms with Crippen LogP contribution in [0.25, 0.3) is 6.08 Å². The number of anilines is 1. The first-order chi connectivity index (χ1) is 17.8. The standard InChI is InChI=1S/C27H26F2N4O3S/c28-23-7-1-5-21(25(23)29)18-32-14-16-33(17-15-32)27(34)20-9-11-22(12-10-20)31-37(35,36)24-8-2-4-19-6-3-13-30-26(19)24/h1-2,4-12,31H,3,13-18H2. The van der Waals surface area contributed by atoms with Gasteiger partial charge < -0.3 is 4.90 Å². The number of amides is 1. The van der Waals surface area contributed by atoms with E-state index in [0.29, 0.717) is 54.9 Å². The van der Waals surface area contributed by atoms with Gasteiger partial charge in [0.25, 0.3) is 15.9 Å². The van der Waals surface area contributed by atoms with E-state index in [-0.39, 0.29) is 17.3 Å². The predicted octanol–water partition coefficient (Wildman–Crippen LogP) is 2.53. The van der Waals surface area contributed by atoms with Gasteiger partial charge in [0.15, 0.2) is 11.6 Å². The van der Waals surface area contributed by atoms with Crippen molar-refractivity contribution in [2.24, 2.45) is 4.99 Å². The average molecular weight is 525 g/mol. The first kappa shape index (κ1) is 25.0. The van der Waals surface area contributed by atoms with Crippen LogP contribution >= 0.6 is 0 Å². The van der Waals surface area contributed by atoms with E-state index in [1.165, 1.54) is 12.1 Å². The minimum atomic E-state index is -3.86. The number of piperazine rings is 1. The number of nitrogens with one attached hydrogen (secondary N) is 1. The van der Waals surface area contributed by atoms with Gasteiger partial charge in [-0.3, -0.25) is 19.4 Å². The second kappa shape index (κ2) is 10.4. The van der Waals surface area contributed by atoms with Crippen molar-refractivity contribution < 1.29 is 22.0 Å². The smallest absolute Gasteiger partial charge is 0.264 e. The van der Waals surface area contributed by atoms with Gasteiger partial charge >= 0.3 is 0 Å². The molecule has 1 N–H and O–H groups in total. The van der Waals surface area contributed by atoms with Gasteiger partial charge in [-0.15, -0.1) is 0 Å². The molecule has 37 heavy (non-hydrogen) atoms. The third kappa shape index (κ3) is 5.40. The number of benzene rings is 3. The Balaban J connectivity index is 1.21. The maximum absolute atomic E-state index is 14.0. The van der Waals surface area contributed by atoms with Crippen molar-refractivity contribution in [2.45, 2.75) is 17.9 Å². The van der Waals surface area contributed by atoms with Gasteiger partial charge in [0.1, 0.15) is 4.90 Å². The molecular weight excluding hydrogens is 498 g/mol. The summed E-state index contributed by atoms with van der Waals surface area (Å²) >= 11 is 0. The molecule has 0 aromatic heterocycles. The molecule has 1 amide bonds. The molecule has 1 fully saturated rings. The summed E-state index contributed by atoms with van der Waals surface area (Å²) in [5, 5.41) is 1.27.